The van der Waals surface area contributed by atoms with Gasteiger partial charge in [-0.3, -0.25) is 9.36 Å². The van der Waals surface area contributed by atoms with Crippen LogP contribution in [0.2, 0.25) is 5.02 Å². The monoisotopic (exact) mass is 273 g/mol. The summed E-state index contributed by atoms with van der Waals surface area (Å²) in [5, 5.41) is 0.420. The third kappa shape index (κ3) is 1.42. The Morgan fingerprint density at radius 2 is 2.36 bits per heavy atom. The number of halogens is 2. The van der Waals surface area contributed by atoms with Gasteiger partial charge in [0.05, 0.1) is 11.2 Å². The van der Waals surface area contributed by atoms with Crippen LogP contribution in [0.5, 0.6) is 0 Å². The highest BCUT2D eigenvalue weighted by molar-refractivity contribution is 9.10. The summed E-state index contributed by atoms with van der Waals surface area (Å²) in [5.74, 6) is -0.140. The highest BCUT2D eigenvalue weighted by atomic mass is 79.9. The molecule has 0 saturated heterocycles. The second-order valence-corrected chi connectivity index (χ2v) is 3.95. The Bertz CT molecular complexity index is 523. The van der Waals surface area contributed by atoms with Crippen LogP contribution in [0, 0.1) is 0 Å². The van der Waals surface area contributed by atoms with Crippen LogP contribution in [-0.2, 0) is 0 Å². The van der Waals surface area contributed by atoms with Crippen molar-refractivity contribution in [3.63, 3.8) is 0 Å². The molecule has 0 unspecified atom stereocenters. The molecule has 0 aliphatic heterocycles. The minimum atomic E-state index is -0.140. The van der Waals surface area contributed by atoms with Gasteiger partial charge >= 0.3 is 0 Å². The molecule has 2 aromatic rings. The van der Waals surface area contributed by atoms with Crippen LogP contribution in [0.4, 0.5) is 0 Å². The summed E-state index contributed by atoms with van der Waals surface area (Å²) in [6.07, 6.45) is 3.04. The fourth-order valence-corrected chi connectivity index (χ4v) is 1.68. The normalized spacial score (nSPS) is 10.8. The lowest BCUT2D eigenvalue weighted by Gasteiger charge is -1.96. The van der Waals surface area contributed by atoms with Crippen molar-refractivity contribution in [3.8, 4) is 0 Å². The van der Waals surface area contributed by atoms with E-state index in [1.165, 1.54) is 23.9 Å². The second kappa shape index (κ2) is 3.33. The Balaban J connectivity index is 2.84. The summed E-state index contributed by atoms with van der Waals surface area (Å²) >= 11 is 9.08. The molecule has 14 heavy (non-hydrogen) atoms. The maximum atomic E-state index is 11.2. The van der Waals surface area contributed by atoms with E-state index in [2.05, 4.69) is 25.9 Å². The zero-order valence-electron chi connectivity index (χ0n) is 7.16. The predicted molar refractivity (Wildman–Crippen MR) is 56.5 cm³/mol. The average Bonchev–Trinajstić information content (AvgIpc) is 2.44. The topological polar surface area (TPSA) is 47.8 Å². The number of rotatable bonds is 0. The maximum Gasteiger partial charge on any atom is 0.229 e. The number of hydrogen-bond donors (Lipinski definition) is 0. The number of carbonyl (C=O) groups is 1. The molecule has 0 amide bonds. The molecule has 0 saturated carbocycles. The zero-order chi connectivity index (χ0) is 10.3. The number of aromatic nitrogens is 3. The van der Waals surface area contributed by atoms with Gasteiger partial charge in [0, 0.05) is 13.1 Å². The third-order valence-electron chi connectivity index (χ3n) is 1.76. The molecule has 2 heterocycles. The van der Waals surface area contributed by atoms with Gasteiger partial charge in [0.1, 0.15) is 10.1 Å². The fourth-order valence-electron chi connectivity index (χ4n) is 1.17. The standard InChI is InChI=1S/C8H5BrClN3O/c1-4(14)13-3-5(10)7-8(13)11-2-6(9)12-7/h2-3H,1H3. The van der Waals surface area contributed by atoms with Crippen LogP contribution in [0.25, 0.3) is 11.2 Å². The van der Waals surface area contributed by atoms with E-state index in [1.807, 2.05) is 0 Å². The minimum Gasteiger partial charge on any atom is -0.274 e. The SMILES string of the molecule is CC(=O)n1cc(Cl)c2nc(Br)cnc21. The van der Waals surface area contributed by atoms with Crippen LogP contribution in [-0.4, -0.2) is 20.4 Å². The highest BCUT2D eigenvalue weighted by Gasteiger charge is 2.12. The largest absolute Gasteiger partial charge is 0.274 e. The molecule has 0 bridgehead atoms. The summed E-state index contributed by atoms with van der Waals surface area (Å²) in [7, 11) is 0. The Kier molecular flexibility index (Phi) is 2.28. The first-order valence-corrected chi connectivity index (χ1v) is 4.96. The molecule has 0 aliphatic rings. The van der Waals surface area contributed by atoms with Gasteiger partial charge in [0.15, 0.2) is 5.65 Å². The molecule has 0 aromatic carbocycles. The van der Waals surface area contributed by atoms with E-state index >= 15 is 0 Å². The van der Waals surface area contributed by atoms with E-state index in [1.54, 1.807) is 0 Å². The van der Waals surface area contributed by atoms with Crippen molar-refractivity contribution in [1.29, 1.82) is 0 Å². The van der Waals surface area contributed by atoms with Gasteiger partial charge in [-0.25, -0.2) is 9.97 Å². The Hall–Kier alpha value is -0.940. The lowest BCUT2D eigenvalue weighted by atomic mass is 10.5. The van der Waals surface area contributed by atoms with Crippen molar-refractivity contribution < 1.29 is 4.79 Å². The number of hydrogen-bond acceptors (Lipinski definition) is 3. The summed E-state index contributed by atoms with van der Waals surface area (Å²) in [4.78, 5) is 19.4. The molecule has 2 rings (SSSR count). The van der Waals surface area contributed by atoms with Gasteiger partial charge in [-0.15, -0.1) is 0 Å². The molecule has 0 radical (unpaired) electrons. The van der Waals surface area contributed by atoms with Crippen LogP contribution >= 0.6 is 27.5 Å². The molecule has 0 fully saturated rings. The number of nitrogens with zero attached hydrogens (tertiary/aromatic N) is 3. The Morgan fingerprint density at radius 3 is 3.00 bits per heavy atom. The lowest BCUT2D eigenvalue weighted by molar-refractivity contribution is 0.0941. The fraction of sp³-hybridized carbons (Fsp3) is 0.125. The van der Waals surface area contributed by atoms with Crippen molar-refractivity contribution >= 4 is 44.6 Å². The molecular weight excluding hydrogens is 269 g/mol. The molecule has 0 N–H and O–H groups in total. The van der Waals surface area contributed by atoms with Crippen molar-refractivity contribution in [3.05, 3.63) is 22.0 Å². The van der Waals surface area contributed by atoms with Gasteiger partial charge < -0.3 is 0 Å². The summed E-state index contributed by atoms with van der Waals surface area (Å²) in [5.41, 5.74) is 1.00. The number of fused-ring (bicyclic) bond motifs is 1. The molecule has 0 atom stereocenters. The van der Waals surface area contributed by atoms with Crippen molar-refractivity contribution in [2.75, 3.05) is 0 Å². The first-order chi connectivity index (χ1) is 6.59. The first-order valence-electron chi connectivity index (χ1n) is 3.79. The van der Waals surface area contributed by atoms with Gasteiger partial charge in [-0.05, 0) is 15.9 Å². The second-order valence-electron chi connectivity index (χ2n) is 2.73. The predicted octanol–water partition coefficient (Wildman–Crippen LogP) is 2.51. The summed E-state index contributed by atoms with van der Waals surface area (Å²) in [6.45, 7) is 1.44. The lowest BCUT2D eigenvalue weighted by Crippen LogP contribution is -2.04. The molecule has 72 valence electrons. The summed E-state index contributed by atoms with van der Waals surface area (Å²) < 4.78 is 1.96. The van der Waals surface area contributed by atoms with E-state index < -0.39 is 0 Å². The average molecular weight is 275 g/mol. The third-order valence-corrected chi connectivity index (χ3v) is 2.42. The van der Waals surface area contributed by atoms with Gasteiger partial charge in [-0.1, -0.05) is 11.6 Å². The quantitative estimate of drug-likeness (QED) is 0.741. The van der Waals surface area contributed by atoms with E-state index in [4.69, 9.17) is 11.6 Å². The Morgan fingerprint density at radius 1 is 1.64 bits per heavy atom. The Labute approximate surface area is 93.0 Å². The molecule has 0 aliphatic carbocycles. The molecule has 2 aromatic heterocycles. The van der Waals surface area contributed by atoms with Crippen molar-refractivity contribution in [1.82, 2.24) is 14.5 Å². The molecule has 6 heteroatoms. The smallest absolute Gasteiger partial charge is 0.229 e. The van der Waals surface area contributed by atoms with E-state index in [9.17, 15) is 4.79 Å². The summed E-state index contributed by atoms with van der Waals surface area (Å²) in [6, 6.07) is 0. The van der Waals surface area contributed by atoms with Crippen LogP contribution in [0.15, 0.2) is 17.0 Å². The van der Waals surface area contributed by atoms with E-state index in [0.29, 0.717) is 20.8 Å². The first kappa shape index (κ1) is 9.61. The molecule has 4 nitrogen and oxygen atoms in total. The van der Waals surface area contributed by atoms with Crippen LogP contribution in [0.1, 0.15) is 11.7 Å². The van der Waals surface area contributed by atoms with E-state index in [0.717, 1.165) is 0 Å². The highest BCUT2D eigenvalue weighted by Crippen LogP contribution is 2.23. The van der Waals surface area contributed by atoms with Crippen LogP contribution in [0.3, 0.4) is 0 Å². The van der Waals surface area contributed by atoms with Gasteiger partial charge in [0.2, 0.25) is 5.91 Å². The molecular formula is C8H5BrClN3O. The van der Waals surface area contributed by atoms with Crippen LogP contribution < -0.4 is 0 Å². The van der Waals surface area contributed by atoms with Gasteiger partial charge in [0.25, 0.3) is 0 Å². The van der Waals surface area contributed by atoms with Gasteiger partial charge in [-0.2, -0.15) is 0 Å². The minimum absolute atomic E-state index is 0.140. The number of carbonyl (C=O) groups excluding carboxylic acids is 1. The maximum absolute atomic E-state index is 11.2. The van der Waals surface area contributed by atoms with E-state index in [-0.39, 0.29) is 5.91 Å². The van der Waals surface area contributed by atoms with Crippen molar-refractivity contribution in [2.45, 2.75) is 6.92 Å². The molecule has 0 spiro atoms. The zero-order valence-corrected chi connectivity index (χ0v) is 9.50. The van der Waals surface area contributed by atoms with Crippen molar-refractivity contribution in [2.24, 2.45) is 0 Å².